The third-order valence-corrected chi connectivity index (χ3v) is 5.42. The van der Waals surface area contributed by atoms with Crippen LogP contribution in [0.2, 0.25) is 0 Å². The predicted octanol–water partition coefficient (Wildman–Crippen LogP) is 1.63. The van der Waals surface area contributed by atoms with Crippen LogP contribution in [0, 0.1) is 0 Å². The lowest BCUT2D eigenvalue weighted by molar-refractivity contribution is 0.390. The van der Waals surface area contributed by atoms with Crippen molar-refractivity contribution in [2.75, 3.05) is 14.2 Å². The van der Waals surface area contributed by atoms with E-state index in [1.807, 2.05) is 0 Å². The molecule has 1 N–H and O–H groups in total. The lowest BCUT2D eigenvalue weighted by Gasteiger charge is -2.12. The number of fused-ring (bicyclic) bond motifs is 1. The highest BCUT2D eigenvalue weighted by molar-refractivity contribution is 7.89. The van der Waals surface area contributed by atoms with Gasteiger partial charge in [0, 0.05) is 25.2 Å². The minimum absolute atomic E-state index is 0.0360. The Morgan fingerprint density at radius 3 is 2.58 bits per heavy atom. The number of hydrogen-bond donors (Lipinski definition) is 1. The van der Waals surface area contributed by atoms with Crippen LogP contribution in [0.3, 0.4) is 0 Å². The van der Waals surface area contributed by atoms with Gasteiger partial charge in [0.25, 0.3) is 0 Å². The van der Waals surface area contributed by atoms with Gasteiger partial charge in [-0.2, -0.15) is 0 Å². The Hall–Kier alpha value is -2.78. The molecule has 1 aromatic heterocycles. The first-order valence-electron chi connectivity index (χ1n) is 7.66. The van der Waals surface area contributed by atoms with Crippen molar-refractivity contribution in [3.8, 4) is 11.5 Å². The first-order chi connectivity index (χ1) is 12.4. The van der Waals surface area contributed by atoms with E-state index < -0.39 is 15.8 Å². The predicted molar refractivity (Wildman–Crippen MR) is 95.0 cm³/mol. The van der Waals surface area contributed by atoms with Gasteiger partial charge < -0.3 is 13.9 Å². The summed E-state index contributed by atoms with van der Waals surface area (Å²) in [6.07, 6.45) is 0. The van der Waals surface area contributed by atoms with Gasteiger partial charge in [-0.15, -0.1) is 0 Å². The number of hydrogen-bond acceptors (Lipinski definition) is 6. The molecule has 3 aromatic rings. The lowest BCUT2D eigenvalue weighted by atomic mass is 10.2. The molecule has 0 aliphatic carbocycles. The van der Waals surface area contributed by atoms with Crippen LogP contribution in [0.4, 0.5) is 0 Å². The number of aryl methyl sites for hydroxylation is 1. The third kappa shape index (κ3) is 3.31. The third-order valence-electron chi connectivity index (χ3n) is 4.02. The highest BCUT2D eigenvalue weighted by Gasteiger charge is 2.17. The number of benzene rings is 2. The maximum absolute atomic E-state index is 12.6. The Labute approximate surface area is 150 Å². The first kappa shape index (κ1) is 18.0. The molecule has 0 radical (unpaired) electrons. The molecule has 0 unspecified atom stereocenters. The normalized spacial score (nSPS) is 11.7. The van der Waals surface area contributed by atoms with Crippen LogP contribution in [0.15, 0.2) is 50.5 Å². The molecule has 0 spiro atoms. The summed E-state index contributed by atoms with van der Waals surface area (Å²) in [5.74, 6) is 0.574. The molecule has 3 rings (SSSR count). The van der Waals surface area contributed by atoms with Gasteiger partial charge in [0.05, 0.1) is 24.6 Å². The van der Waals surface area contributed by atoms with Gasteiger partial charge in [-0.1, -0.05) is 6.07 Å². The second-order valence-electron chi connectivity index (χ2n) is 5.56. The molecule has 0 saturated carbocycles. The topological polar surface area (TPSA) is 99.8 Å². The fourth-order valence-electron chi connectivity index (χ4n) is 2.53. The number of rotatable bonds is 6. The van der Waals surface area contributed by atoms with Crippen molar-refractivity contribution in [2.45, 2.75) is 11.4 Å². The van der Waals surface area contributed by atoms with E-state index in [0.29, 0.717) is 28.2 Å². The molecular weight excluding hydrogens is 360 g/mol. The van der Waals surface area contributed by atoms with Gasteiger partial charge in [0.15, 0.2) is 5.58 Å². The number of methoxy groups -OCH3 is 2. The van der Waals surface area contributed by atoms with Crippen LogP contribution in [-0.4, -0.2) is 27.2 Å². The Balaban J connectivity index is 1.88. The Bertz CT molecular complexity index is 1110. The van der Waals surface area contributed by atoms with E-state index in [-0.39, 0.29) is 11.4 Å². The van der Waals surface area contributed by atoms with Crippen LogP contribution in [-0.2, 0) is 23.6 Å². The van der Waals surface area contributed by atoms with E-state index in [4.69, 9.17) is 13.9 Å². The van der Waals surface area contributed by atoms with Gasteiger partial charge in [-0.25, -0.2) is 17.9 Å². The number of sulfonamides is 1. The number of aromatic nitrogens is 1. The average molecular weight is 378 g/mol. The van der Waals surface area contributed by atoms with Crippen molar-refractivity contribution in [3.63, 3.8) is 0 Å². The van der Waals surface area contributed by atoms with Crippen molar-refractivity contribution in [1.82, 2.24) is 9.29 Å². The molecule has 138 valence electrons. The summed E-state index contributed by atoms with van der Waals surface area (Å²) >= 11 is 0. The minimum atomic E-state index is -3.79. The van der Waals surface area contributed by atoms with E-state index in [2.05, 4.69) is 4.72 Å². The van der Waals surface area contributed by atoms with Crippen LogP contribution in [0.1, 0.15) is 5.56 Å². The zero-order chi connectivity index (χ0) is 18.9. The summed E-state index contributed by atoms with van der Waals surface area (Å²) in [6, 6.07) is 9.37. The highest BCUT2D eigenvalue weighted by Crippen LogP contribution is 2.25. The maximum Gasteiger partial charge on any atom is 0.419 e. The number of nitrogens with zero attached hydrogens (tertiary/aromatic N) is 1. The van der Waals surface area contributed by atoms with E-state index in [1.165, 1.54) is 44.0 Å². The van der Waals surface area contributed by atoms with Crippen molar-refractivity contribution in [1.29, 1.82) is 0 Å². The van der Waals surface area contributed by atoms with Gasteiger partial charge in [0.1, 0.15) is 11.5 Å². The molecule has 0 aliphatic heterocycles. The summed E-state index contributed by atoms with van der Waals surface area (Å²) in [5, 5.41) is 0. The molecule has 0 atom stereocenters. The van der Waals surface area contributed by atoms with E-state index >= 15 is 0 Å². The molecule has 0 bridgehead atoms. The monoisotopic (exact) mass is 378 g/mol. The number of nitrogens with one attached hydrogen (secondary N) is 1. The fourth-order valence-corrected chi connectivity index (χ4v) is 3.55. The molecule has 2 aromatic carbocycles. The van der Waals surface area contributed by atoms with Crippen molar-refractivity contribution in [3.05, 3.63) is 52.5 Å². The Morgan fingerprint density at radius 2 is 1.88 bits per heavy atom. The summed E-state index contributed by atoms with van der Waals surface area (Å²) in [5.41, 5.74) is 1.39. The smallest absolute Gasteiger partial charge is 0.419 e. The van der Waals surface area contributed by atoms with E-state index in [1.54, 1.807) is 18.2 Å². The molecule has 8 nitrogen and oxygen atoms in total. The summed E-state index contributed by atoms with van der Waals surface area (Å²) in [6.45, 7) is 0.0395. The molecule has 0 aliphatic rings. The minimum Gasteiger partial charge on any atom is -0.497 e. The van der Waals surface area contributed by atoms with Gasteiger partial charge in [-0.3, -0.25) is 4.57 Å². The van der Waals surface area contributed by atoms with Crippen molar-refractivity contribution in [2.24, 2.45) is 7.05 Å². The first-order valence-corrected chi connectivity index (χ1v) is 9.14. The molecule has 0 amide bonds. The van der Waals surface area contributed by atoms with Crippen molar-refractivity contribution >= 4 is 21.1 Å². The van der Waals surface area contributed by atoms with E-state index in [0.717, 1.165) is 0 Å². The lowest BCUT2D eigenvalue weighted by Crippen LogP contribution is -2.23. The van der Waals surface area contributed by atoms with Crippen LogP contribution in [0.25, 0.3) is 11.1 Å². The standard InChI is InChI=1S/C17H18N2O6S/c1-19-14-9-13(6-7-15(14)25-17(19)20)26(21,22)18-10-11-4-5-12(23-2)8-16(11)24-3/h4-9,18H,10H2,1-3H3. The molecule has 26 heavy (non-hydrogen) atoms. The Morgan fingerprint density at radius 1 is 1.12 bits per heavy atom. The molecular formula is C17H18N2O6S. The van der Waals surface area contributed by atoms with Crippen LogP contribution in [0.5, 0.6) is 11.5 Å². The number of oxazole rings is 1. The van der Waals surface area contributed by atoms with Gasteiger partial charge >= 0.3 is 5.76 Å². The highest BCUT2D eigenvalue weighted by atomic mass is 32.2. The average Bonchev–Trinajstić information content (AvgIpc) is 2.93. The summed E-state index contributed by atoms with van der Waals surface area (Å²) in [7, 11) is 0.760. The SMILES string of the molecule is COc1ccc(CNS(=O)(=O)c2ccc3oc(=O)n(C)c3c2)c(OC)c1. The van der Waals surface area contributed by atoms with E-state index in [9.17, 15) is 13.2 Å². The van der Waals surface area contributed by atoms with Gasteiger partial charge in [-0.05, 0) is 24.3 Å². The zero-order valence-electron chi connectivity index (χ0n) is 14.5. The quantitative estimate of drug-likeness (QED) is 0.700. The second kappa shape index (κ2) is 6.85. The maximum atomic E-state index is 12.6. The largest absolute Gasteiger partial charge is 0.497 e. The van der Waals surface area contributed by atoms with Crippen LogP contribution < -0.4 is 20.0 Å². The molecule has 0 fully saturated rings. The zero-order valence-corrected chi connectivity index (χ0v) is 15.3. The molecule has 0 saturated heterocycles. The van der Waals surface area contributed by atoms with Gasteiger partial charge in [0.2, 0.25) is 10.0 Å². The number of ether oxygens (including phenoxy) is 2. The molecule has 1 heterocycles. The summed E-state index contributed by atoms with van der Waals surface area (Å²) in [4.78, 5) is 11.6. The Kier molecular flexibility index (Phi) is 4.75. The van der Waals surface area contributed by atoms with Crippen molar-refractivity contribution < 1.29 is 22.3 Å². The second-order valence-corrected chi connectivity index (χ2v) is 7.33. The molecule has 9 heteroatoms. The fraction of sp³-hybridized carbons (Fsp3) is 0.235. The summed E-state index contributed by atoms with van der Waals surface area (Å²) < 4.78 is 44.4. The van der Waals surface area contributed by atoms with Crippen LogP contribution >= 0.6 is 0 Å².